The zero-order valence-corrected chi connectivity index (χ0v) is 30.0. The lowest BCUT2D eigenvalue weighted by Crippen LogP contribution is -3.00. The van der Waals surface area contributed by atoms with E-state index < -0.39 is 0 Å². The van der Waals surface area contributed by atoms with Gasteiger partial charge in [-0.05, 0) is 69.7 Å². The Morgan fingerprint density at radius 1 is 0.927 bits per heavy atom. The normalized spacial score (nSPS) is 16.8. The highest BCUT2D eigenvalue weighted by atomic mass is 79.9. The number of aromatic nitrogens is 2. The molecule has 4 rings (SSSR count). The van der Waals surface area contributed by atoms with E-state index in [2.05, 4.69) is 103 Å². The maximum absolute atomic E-state index is 11.8. The molecule has 0 atom stereocenters. The van der Waals surface area contributed by atoms with Gasteiger partial charge in [0.1, 0.15) is 0 Å². The van der Waals surface area contributed by atoms with E-state index in [9.17, 15) is 4.79 Å². The smallest absolute Gasteiger partial charge is 0.305 e. The van der Waals surface area contributed by atoms with Gasteiger partial charge in [0.15, 0.2) is 5.71 Å². The molecule has 0 aliphatic carbocycles. The minimum absolute atomic E-state index is 0. The number of carbonyl (C=O) groups excluding carboxylic acids is 1. The van der Waals surface area contributed by atoms with Gasteiger partial charge in [-0.3, -0.25) is 4.79 Å². The van der Waals surface area contributed by atoms with E-state index >= 15 is 0 Å². The summed E-state index contributed by atoms with van der Waals surface area (Å²) in [6, 6.07) is 2.20. The summed E-state index contributed by atoms with van der Waals surface area (Å²) in [4.78, 5) is 26.2. The third kappa shape index (κ3) is 7.41. The van der Waals surface area contributed by atoms with Crippen molar-refractivity contribution < 1.29 is 53.5 Å². The van der Waals surface area contributed by atoms with Gasteiger partial charge in [-0.2, -0.15) is 4.99 Å². The fourth-order valence-electron chi connectivity index (χ4n) is 5.64. The summed E-state index contributed by atoms with van der Waals surface area (Å²) in [6.07, 6.45) is 8.19. The monoisotopic (exact) mass is 750 g/mol. The second-order valence-electron chi connectivity index (χ2n) is 10.5. The van der Waals surface area contributed by atoms with Gasteiger partial charge in [0, 0.05) is 92.9 Å². The fourth-order valence-corrected chi connectivity index (χ4v) is 6.09. The molecule has 0 radical (unpaired) electrons. The number of hydrogen-bond donors (Lipinski definition) is 4. The van der Waals surface area contributed by atoms with Crippen LogP contribution in [0.5, 0.6) is 0 Å². The minimum atomic E-state index is -0.188. The van der Waals surface area contributed by atoms with E-state index in [-0.39, 0.29) is 39.9 Å². The molecule has 0 unspecified atom stereocenters. The highest BCUT2D eigenvalue weighted by Crippen LogP contribution is 2.28. The highest BCUT2D eigenvalue weighted by molar-refractivity contribution is 9.18. The first-order chi connectivity index (χ1) is 18.6. The number of halogens is 3. The molecule has 2 aliphatic heterocycles. The van der Waals surface area contributed by atoms with Crippen molar-refractivity contribution in [3.63, 3.8) is 0 Å². The quantitative estimate of drug-likeness (QED) is 0.229. The first kappa shape index (κ1) is 35.0. The molecule has 0 bridgehead atoms. The van der Waals surface area contributed by atoms with E-state index in [0.29, 0.717) is 12.8 Å². The summed E-state index contributed by atoms with van der Waals surface area (Å²) in [5, 5.41) is 0. The third-order valence-corrected chi connectivity index (χ3v) is 8.91. The van der Waals surface area contributed by atoms with Crippen LogP contribution in [0.4, 0.5) is 0 Å². The lowest BCUT2D eigenvalue weighted by atomic mass is 10.0. The number of hydrogen-bond acceptors (Lipinski definition) is 2. The standard InChI is InChI=1S/C32H39BrN4O2.2BrH/c1-9-23-19(5)27(16-30-24(10-2)20(6)32(33)37-30)36-29(23)15-26-17(3)13-22(35-26)14-28-25(11-12-31(38)39-8)18(4)21(7)34-28;;/h13-14,16,35-36H,9-12,15H2,1-8H3;2*1H/b28-14-,30-16-;;. The van der Waals surface area contributed by atoms with Crippen LogP contribution in [0.15, 0.2) is 39.8 Å². The fraction of sp³-hybridized carbons (Fsp3) is 0.406. The number of methoxy groups -OCH3 is 1. The molecular weight excluding hydrogens is 712 g/mol. The molecule has 0 aromatic carbocycles. The summed E-state index contributed by atoms with van der Waals surface area (Å²) in [6.45, 7) is 15.1. The number of nitrogens with one attached hydrogen (secondary N) is 4. The lowest BCUT2D eigenvalue weighted by Gasteiger charge is -2.03. The van der Waals surface area contributed by atoms with Crippen molar-refractivity contribution in [3.8, 4) is 0 Å². The number of aryl methyl sites for hydroxylation is 1. The molecule has 9 heteroatoms. The van der Waals surface area contributed by atoms with Gasteiger partial charge in [-0.15, -0.1) is 0 Å². The molecule has 0 saturated heterocycles. The summed E-state index contributed by atoms with van der Waals surface area (Å²) >= 11 is 3.66. The number of H-pyrrole nitrogens is 2. The number of carbonyl (C=O) groups is 1. The van der Waals surface area contributed by atoms with Crippen molar-refractivity contribution in [2.75, 3.05) is 7.11 Å². The molecule has 0 amide bonds. The number of rotatable bonds is 9. The SMILES string of the molecule is CCC1=C(C)C(Br)=[NH+]/C1=C\c1[nH]c(Cc2[nH]c(/C=C3\[NH+]=C(C)C(C)=C3CCC(=O)OC)cc2C)c(CC)c1C.[Br-].[Br-]. The topological polar surface area (TPSA) is 85.8 Å². The van der Waals surface area contributed by atoms with Crippen LogP contribution >= 0.6 is 15.9 Å². The van der Waals surface area contributed by atoms with Crippen molar-refractivity contribution >= 4 is 44.4 Å². The Labute approximate surface area is 273 Å². The van der Waals surface area contributed by atoms with Crippen LogP contribution < -0.4 is 43.9 Å². The first-order valence-corrected chi connectivity index (χ1v) is 14.6. The lowest BCUT2D eigenvalue weighted by molar-refractivity contribution is -0.387. The van der Waals surface area contributed by atoms with E-state index in [1.54, 1.807) is 0 Å². The maximum Gasteiger partial charge on any atom is 0.305 e. The van der Waals surface area contributed by atoms with Gasteiger partial charge in [0.25, 0.3) is 0 Å². The maximum atomic E-state index is 11.8. The van der Waals surface area contributed by atoms with Crippen LogP contribution in [0.25, 0.3) is 12.2 Å². The predicted molar refractivity (Wildman–Crippen MR) is 163 cm³/mol. The zero-order chi connectivity index (χ0) is 28.4. The third-order valence-electron chi connectivity index (χ3n) is 8.12. The summed E-state index contributed by atoms with van der Waals surface area (Å²) < 4.78 is 5.91. The van der Waals surface area contributed by atoms with Crippen LogP contribution in [0.3, 0.4) is 0 Å². The Bertz CT molecular complexity index is 1510. The second-order valence-corrected chi connectivity index (χ2v) is 11.3. The molecule has 2 aromatic heterocycles. The Kier molecular flexibility index (Phi) is 12.6. The first-order valence-electron chi connectivity index (χ1n) is 13.8. The van der Waals surface area contributed by atoms with Gasteiger partial charge in [-0.1, -0.05) is 13.8 Å². The van der Waals surface area contributed by atoms with Gasteiger partial charge >= 0.3 is 5.97 Å². The molecule has 6 nitrogen and oxygen atoms in total. The van der Waals surface area contributed by atoms with Crippen molar-refractivity contribution in [1.82, 2.24) is 9.97 Å². The van der Waals surface area contributed by atoms with Crippen molar-refractivity contribution in [2.45, 2.75) is 80.6 Å². The molecule has 222 valence electrons. The van der Waals surface area contributed by atoms with Crippen LogP contribution in [-0.4, -0.2) is 33.4 Å². The Balaban J connectivity index is 0.00000294. The number of ether oxygens (including phenoxy) is 1. The van der Waals surface area contributed by atoms with Gasteiger partial charge in [-0.25, -0.2) is 4.99 Å². The Morgan fingerprint density at radius 2 is 1.61 bits per heavy atom. The zero-order valence-electron chi connectivity index (χ0n) is 25.2. The molecule has 4 N–H and O–H groups in total. The van der Waals surface area contributed by atoms with Crippen LogP contribution in [0, 0.1) is 13.8 Å². The van der Waals surface area contributed by atoms with Crippen LogP contribution in [0.2, 0.25) is 0 Å². The Hall–Kier alpha value is -2.23. The molecule has 0 spiro atoms. The van der Waals surface area contributed by atoms with E-state index in [0.717, 1.165) is 58.0 Å². The average molecular weight is 753 g/mol. The van der Waals surface area contributed by atoms with Crippen LogP contribution in [0.1, 0.15) is 93.3 Å². The number of allylic oxidation sites excluding steroid dienone is 4. The van der Waals surface area contributed by atoms with Crippen LogP contribution in [-0.2, 0) is 22.4 Å². The highest BCUT2D eigenvalue weighted by Gasteiger charge is 2.27. The summed E-state index contributed by atoms with van der Waals surface area (Å²) in [5.74, 6) is -0.188. The second kappa shape index (κ2) is 14.8. The molecule has 0 saturated carbocycles. The molecular formula is C32H41Br3N4O2. The summed E-state index contributed by atoms with van der Waals surface area (Å²) in [5.41, 5.74) is 16.9. The summed E-state index contributed by atoms with van der Waals surface area (Å²) in [7, 11) is 1.44. The molecule has 2 aromatic rings. The largest absolute Gasteiger partial charge is 1.00 e. The van der Waals surface area contributed by atoms with E-state index in [4.69, 9.17) is 4.74 Å². The Morgan fingerprint density at radius 3 is 2.24 bits per heavy atom. The average Bonchev–Trinajstić information content (AvgIpc) is 3.57. The van der Waals surface area contributed by atoms with Crippen molar-refractivity contribution in [2.24, 2.45) is 0 Å². The molecule has 0 fully saturated rings. The minimum Gasteiger partial charge on any atom is -1.00 e. The number of aromatic amines is 2. The van der Waals surface area contributed by atoms with Gasteiger partial charge in [0.05, 0.1) is 7.11 Å². The molecule has 2 aliphatic rings. The van der Waals surface area contributed by atoms with Gasteiger partial charge < -0.3 is 48.7 Å². The van der Waals surface area contributed by atoms with E-state index in [1.807, 2.05) is 0 Å². The van der Waals surface area contributed by atoms with Gasteiger partial charge in [0.2, 0.25) is 16.0 Å². The molecule has 41 heavy (non-hydrogen) atoms. The van der Waals surface area contributed by atoms with Crippen molar-refractivity contribution in [3.05, 3.63) is 79.2 Å². The van der Waals surface area contributed by atoms with Crippen molar-refractivity contribution in [1.29, 1.82) is 0 Å². The predicted octanol–water partition coefficient (Wildman–Crippen LogP) is -1.76. The number of esters is 1. The molecule has 4 heterocycles. The van der Waals surface area contributed by atoms with E-state index in [1.165, 1.54) is 51.9 Å².